The Hall–Kier alpha value is -0.0800. The lowest BCUT2D eigenvalue weighted by atomic mass is 10.0. The lowest BCUT2D eigenvalue weighted by Crippen LogP contribution is -2.38. The molecule has 1 heterocycles. The van der Waals surface area contributed by atoms with Crippen LogP contribution in [0.5, 0.6) is 0 Å². The minimum atomic E-state index is 0.654. The van der Waals surface area contributed by atoms with E-state index in [4.69, 9.17) is 0 Å². The van der Waals surface area contributed by atoms with Crippen molar-refractivity contribution in [3.8, 4) is 0 Å². The van der Waals surface area contributed by atoms with Gasteiger partial charge in [-0.15, -0.1) is 0 Å². The number of hydrogen-bond donors (Lipinski definition) is 1. The molecule has 1 aliphatic rings. The van der Waals surface area contributed by atoms with Crippen molar-refractivity contribution >= 4 is 0 Å². The summed E-state index contributed by atoms with van der Waals surface area (Å²) >= 11 is 0. The highest BCUT2D eigenvalue weighted by Gasteiger charge is 2.29. The van der Waals surface area contributed by atoms with Gasteiger partial charge >= 0.3 is 0 Å². The molecule has 0 amide bonds. The fraction of sp³-hybridized carbons (Fsp3) is 1.00. The van der Waals surface area contributed by atoms with Gasteiger partial charge in [-0.1, -0.05) is 20.8 Å². The zero-order chi connectivity index (χ0) is 12.1. The van der Waals surface area contributed by atoms with E-state index in [0.29, 0.717) is 6.04 Å². The van der Waals surface area contributed by atoms with Crippen molar-refractivity contribution in [1.29, 1.82) is 0 Å². The Morgan fingerprint density at radius 3 is 2.25 bits per heavy atom. The molecule has 2 heteroatoms. The monoisotopic (exact) mass is 226 g/mol. The Bertz CT molecular complexity index is 183. The summed E-state index contributed by atoms with van der Waals surface area (Å²) in [5, 5.41) is 3.58. The summed E-state index contributed by atoms with van der Waals surface area (Å²) < 4.78 is 0. The van der Waals surface area contributed by atoms with Gasteiger partial charge in [-0.25, -0.2) is 0 Å². The molecular formula is C14H30N2. The lowest BCUT2D eigenvalue weighted by Gasteiger charge is -2.27. The fourth-order valence-electron chi connectivity index (χ4n) is 2.67. The summed E-state index contributed by atoms with van der Waals surface area (Å²) in [6.07, 6.45) is 2.51. The van der Waals surface area contributed by atoms with Crippen LogP contribution in [-0.2, 0) is 0 Å². The number of likely N-dealkylation sites (tertiary alicyclic amines) is 1. The van der Waals surface area contributed by atoms with Crippen molar-refractivity contribution in [3.63, 3.8) is 0 Å². The number of nitrogens with one attached hydrogen (secondary N) is 1. The molecule has 0 aliphatic carbocycles. The normalized spacial score (nSPS) is 30.6. The van der Waals surface area contributed by atoms with Crippen molar-refractivity contribution in [2.24, 2.45) is 11.8 Å². The molecule has 2 nitrogen and oxygen atoms in total. The van der Waals surface area contributed by atoms with Crippen LogP contribution in [-0.4, -0.2) is 36.6 Å². The van der Waals surface area contributed by atoms with E-state index in [1.807, 2.05) is 0 Å². The van der Waals surface area contributed by atoms with E-state index in [-0.39, 0.29) is 0 Å². The van der Waals surface area contributed by atoms with Crippen LogP contribution < -0.4 is 5.32 Å². The highest BCUT2D eigenvalue weighted by atomic mass is 15.2. The summed E-state index contributed by atoms with van der Waals surface area (Å²) in [6.45, 7) is 15.4. The van der Waals surface area contributed by atoms with Gasteiger partial charge in [0.05, 0.1) is 0 Å². The van der Waals surface area contributed by atoms with E-state index >= 15 is 0 Å². The van der Waals surface area contributed by atoms with Crippen LogP contribution >= 0.6 is 0 Å². The Morgan fingerprint density at radius 1 is 1.19 bits per heavy atom. The third-order valence-corrected chi connectivity index (χ3v) is 4.08. The smallest absolute Gasteiger partial charge is 0.00818 e. The third-order valence-electron chi connectivity index (χ3n) is 4.08. The van der Waals surface area contributed by atoms with Crippen LogP contribution in [0.3, 0.4) is 0 Å². The van der Waals surface area contributed by atoms with Crippen LogP contribution in [0.1, 0.15) is 47.5 Å². The molecule has 0 aromatic carbocycles. The average Bonchev–Trinajstić information content (AvgIpc) is 2.56. The SMILES string of the molecule is CCCNC(C)CC(C)N1CC(C)C(C)C1. The molecule has 96 valence electrons. The Labute approximate surface area is 102 Å². The van der Waals surface area contributed by atoms with Crippen molar-refractivity contribution < 1.29 is 0 Å². The summed E-state index contributed by atoms with van der Waals surface area (Å²) in [6, 6.07) is 1.38. The number of rotatable bonds is 6. The first-order chi connectivity index (χ1) is 7.54. The maximum Gasteiger partial charge on any atom is 0.00818 e. The highest BCUT2D eigenvalue weighted by molar-refractivity contribution is 4.83. The van der Waals surface area contributed by atoms with Crippen molar-refractivity contribution in [2.45, 2.75) is 59.5 Å². The van der Waals surface area contributed by atoms with Gasteiger partial charge in [0, 0.05) is 25.2 Å². The van der Waals surface area contributed by atoms with Gasteiger partial charge in [-0.05, 0) is 45.1 Å². The second-order valence-electron chi connectivity index (χ2n) is 5.85. The van der Waals surface area contributed by atoms with Crippen LogP contribution in [0.25, 0.3) is 0 Å². The van der Waals surface area contributed by atoms with E-state index in [0.717, 1.165) is 24.4 Å². The van der Waals surface area contributed by atoms with Crippen LogP contribution in [0.15, 0.2) is 0 Å². The highest BCUT2D eigenvalue weighted by Crippen LogP contribution is 2.25. The van der Waals surface area contributed by atoms with Gasteiger partial charge in [0.2, 0.25) is 0 Å². The van der Waals surface area contributed by atoms with Gasteiger partial charge in [0.15, 0.2) is 0 Å². The minimum absolute atomic E-state index is 0.654. The van der Waals surface area contributed by atoms with Crippen LogP contribution in [0.4, 0.5) is 0 Å². The summed E-state index contributed by atoms with van der Waals surface area (Å²) in [5.41, 5.74) is 0. The molecule has 0 spiro atoms. The average molecular weight is 226 g/mol. The van der Waals surface area contributed by atoms with Crippen LogP contribution in [0.2, 0.25) is 0 Å². The first-order valence-electron chi connectivity index (χ1n) is 7.02. The van der Waals surface area contributed by atoms with Crippen molar-refractivity contribution in [3.05, 3.63) is 0 Å². The second kappa shape index (κ2) is 6.61. The molecule has 0 aromatic heterocycles. The molecule has 4 atom stereocenters. The predicted molar refractivity (Wildman–Crippen MR) is 71.7 cm³/mol. The molecule has 1 rings (SSSR count). The molecule has 0 radical (unpaired) electrons. The molecule has 0 bridgehead atoms. The van der Waals surface area contributed by atoms with E-state index in [9.17, 15) is 0 Å². The Morgan fingerprint density at radius 2 is 1.75 bits per heavy atom. The maximum absolute atomic E-state index is 3.58. The molecule has 4 unspecified atom stereocenters. The second-order valence-corrected chi connectivity index (χ2v) is 5.85. The zero-order valence-corrected chi connectivity index (χ0v) is 11.8. The zero-order valence-electron chi connectivity index (χ0n) is 11.8. The maximum atomic E-state index is 3.58. The minimum Gasteiger partial charge on any atom is -0.314 e. The van der Waals surface area contributed by atoms with Gasteiger partial charge in [-0.2, -0.15) is 0 Å². The fourth-order valence-corrected chi connectivity index (χ4v) is 2.67. The molecule has 16 heavy (non-hydrogen) atoms. The van der Waals surface area contributed by atoms with Crippen molar-refractivity contribution in [2.75, 3.05) is 19.6 Å². The third kappa shape index (κ3) is 4.06. The quantitative estimate of drug-likeness (QED) is 0.749. The van der Waals surface area contributed by atoms with Gasteiger partial charge in [0.25, 0.3) is 0 Å². The molecule has 1 N–H and O–H groups in total. The summed E-state index contributed by atoms with van der Waals surface area (Å²) in [4.78, 5) is 2.67. The van der Waals surface area contributed by atoms with E-state index in [2.05, 4.69) is 44.8 Å². The van der Waals surface area contributed by atoms with Crippen LogP contribution in [0, 0.1) is 11.8 Å². The first kappa shape index (κ1) is 14.0. The Balaban J connectivity index is 2.27. The number of hydrogen-bond acceptors (Lipinski definition) is 2. The largest absolute Gasteiger partial charge is 0.314 e. The Kier molecular flexibility index (Phi) is 5.77. The lowest BCUT2D eigenvalue weighted by molar-refractivity contribution is 0.221. The van der Waals surface area contributed by atoms with E-state index < -0.39 is 0 Å². The van der Waals surface area contributed by atoms with Gasteiger partial charge in [-0.3, -0.25) is 0 Å². The predicted octanol–water partition coefficient (Wildman–Crippen LogP) is 2.74. The first-order valence-corrected chi connectivity index (χ1v) is 7.02. The van der Waals surface area contributed by atoms with Gasteiger partial charge in [0.1, 0.15) is 0 Å². The molecule has 0 aromatic rings. The molecule has 1 fully saturated rings. The van der Waals surface area contributed by atoms with E-state index in [1.165, 1.54) is 25.9 Å². The summed E-state index contributed by atoms with van der Waals surface area (Å²) in [7, 11) is 0. The van der Waals surface area contributed by atoms with Gasteiger partial charge < -0.3 is 10.2 Å². The van der Waals surface area contributed by atoms with Crippen molar-refractivity contribution in [1.82, 2.24) is 10.2 Å². The summed E-state index contributed by atoms with van der Waals surface area (Å²) in [5.74, 6) is 1.75. The molecule has 0 saturated carbocycles. The molecule has 1 saturated heterocycles. The molecular weight excluding hydrogens is 196 g/mol. The number of nitrogens with zero attached hydrogens (tertiary/aromatic N) is 1. The molecule has 1 aliphatic heterocycles. The topological polar surface area (TPSA) is 15.3 Å². The standard InChI is InChI=1S/C14H30N2/c1-6-7-15-13(4)8-14(5)16-9-11(2)12(3)10-16/h11-15H,6-10H2,1-5H3. The van der Waals surface area contributed by atoms with E-state index in [1.54, 1.807) is 0 Å².